The van der Waals surface area contributed by atoms with E-state index in [1.54, 1.807) is 24.3 Å². The quantitative estimate of drug-likeness (QED) is 0.599. The van der Waals surface area contributed by atoms with Gasteiger partial charge in [-0.2, -0.15) is 0 Å². The zero-order valence-electron chi connectivity index (χ0n) is 14.4. The van der Waals surface area contributed by atoms with E-state index in [2.05, 4.69) is 4.72 Å². The Morgan fingerprint density at radius 1 is 1.08 bits per heavy atom. The van der Waals surface area contributed by atoms with Crippen LogP contribution < -0.4 is 4.72 Å². The minimum Gasteiger partial charge on any atom is -0.451 e. The molecule has 0 aliphatic carbocycles. The van der Waals surface area contributed by atoms with E-state index < -0.39 is 22.1 Å². The van der Waals surface area contributed by atoms with Crippen molar-refractivity contribution in [3.05, 3.63) is 64.2 Å². The third-order valence-electron chi connectivity index (χ3n) is 3.71. The fourth-order valence-electron chi connectivity index (χ4n) is 2.18. The number of hydrogen-bond acceptors (Lipinski definition) is 5. The lowest BCUT2D eigenvalue weighted by molar-refractivity contribution is 0.0318. The Labute approximate surface area is 157 Å². The molecule has 1 N–H and O–H groups in total. The van der Waals surface area contributed by atoms with Gasteiger partial charge in [-0.3, -0.25) is 4.79 Å². The lowest BCUT2D eigenvalue weighted by atomic mass is 10.1. The predicted molar refractivity (Wildman–Crippen MR) is 98.1 cm³/mol. The number of Topliss-reactive ketones (excluding diaryl/α,β-unsaturated/α-hetero) is 1. The summed E-state index contributed by atoms with van der Waals surface area (Å²) in [4.78, 5) is 24.4. The first-order valence-corrected chi connectivity index (χ1v) is 9.57. The molecule has 0 saturated heterocycles. The number of hydrogen-bond donors (Lipinski definition) is 1. The molecule has 0 unspecified atom stereocenters. The highest BCUT2D eigenvalue weighted by atomic mass is 35.5. The average Bonchev–Trinajstić information content (AvgIpc) is 2.61. The Bertz CT molecular complexity index is 939. The monoisotopic (exact) mass is 395 g/mol. The van der Waals surface area contributed by atoms with Gasteiger partial charge in [-0.25, -0.2) is 17.9 Å². The van der Waals surface area contributed by atoms with Gasteiger partial charge < -0.3 is 4.74 Å². The van der Waals surface area contributed by atoms with Gasteiger partial charge in [0.25, 0.3) is 0 Å². The van der Waals surface area contributed by atoms with Gasteiger partial charge >= 0.3 is 5.97 Å². The zero-order valence-corrected chi connectivity index (χ0v) is 16.0. The molecule has 6 nitrogen and oxygen atoms in total. The van der Waals surface area contributed by atoms with Crippen LogP contribution in [0.4, 0.5) is 0 Å². The zero-order chi connectivity index (χ0) is 19.5. The Kier molecular flexibility index (Phi) is 6.17. The number of ether oxygens (including phenoxy) is 1. The van der Waals surface area contributed by atoms with E-state index >= 15 is 0 Å². The number of halogens is 1. The van der Waals surface area contributed by atoms with E-state index in [0.29, 0.717) is 5.56 Å². The molecule has 1 atom stereocenters. The van der Waals surface area contributed by atoms with Crippen molar-refractivity contribution in [2.24, 2.45) is 0 Å². The molecule has 0 radical (unpaired) electrons. The van der Waals surface area contributed by atoms with E-state index in [0.717, 1.165) is 11.6 Å². The van der Waals surface area contributed by atoms with Crippen molar-refractivity contribution in [2.45, 2.75) is 24.8 Å². The summed E-state index contributed by atoms with van der Waals surface area (Å²) in [6, 6.07) is 10.6. The first-order valence-electron chi connectivity index (χ1n) is 7.70. The van der Waals surface area contributed by atoms with Crippen molar-refractivity contribution in [3.63, 3.8) is 0 Å². The molecule has 26 heavy (non-hydrogen) atoms. The van der Waals surface area contributed by atoms with E-state index in [4.69, 9.17) is 16.3 Å². The second-order valence-corrected chi connectivity index (χ2v) is 7.89. The van der Waals surface area contributed by atoms with Crippen molar-refractivity contribution in [1.29, 1.82) is 0 Å². The smallest absolute Gasteiger partial charge is 0.338 e. The van der Waals surface area contributed by atoms with Crippen LogP contribution in [0.25, 0.3) is 0 Å². The molecule has 2 aromatic carbocycles. The summed E-state index contributed by atoms with van der Waals surface area (Å²) >= 11 is 5.89. The second-order valence-electron chi connectivity index (χ2n) is 5.63. The highest BCUT2D eigenvalue weighted by Gasteiger charge is 2.23. The number of esters is 1. The van der Waals surface area contributed by atoms with Crippen LogP contribution in [0, 0.1) is 6.92 Å². The van der Waals surface area contributed by atoms with Crippen LogP contribution in [0.3, 0.4) is 0 Å². The lowest BCUT2D eigenvalue weighted by Crippen LogP contribution is -2.25. The fourth-order valence-corrected chi connectivity index (χ4v) is 3.43. The van der Waals surface area contributed by atoms with Crippen molar-refractivity contribution < 1.29 is 22.7 Å². The highest BCUT2D eigenvalue weighted by Crippen LogP contribution is 2.23. The van der Waals surface area contributed by atoms with Gasteiger partial charge in [0.1, 0.15) is 4.90 Å². The van der Waals surface area contributed by atoms with Crippen LogP contribution in [0.1, 0.15) is 33.2 Å². The third kappa shape index (κ3) is 4.49. The summed E-state index contributed by atoms with van der Waals surface area (Å²) in [5, 5.41) is -0.0281. The number of carbonyl (C=O) groups is 2. The van der Waals surface area contributed by atoms with Gasteiger partial charge in [0.2, 0.25) is 15.8 Å². The minimum absolute atomic E-state index is 0.0215. The molecule has 0 aliphatic heterocycles. The molecule has 2 aromatic rings. The van der Waals surface area contributed by atoms with Gasteiger partial charge in [-0.15, -0.1) is 0 Å². The Hall–Kier alpha value is -2.22. The van der Waals surface area contributed by atoms with Crippen LogP contribution in [0.5, 0.6) is 0 Å². The first-order chi connectivity index (χ1) is 12.2. The Balaban J connectivity index is 2.20. The molecular weight excluding hydrogens is 378 g/mol. The molecule has 0 heterocycles. The second kappa shape index (κ2) is 7.99. The summed E-state index contributed by atoms with van der Waals surface area (Å²) in [7, 11) is -2.60. The van der Waals surface area contributed by atoms with Gasteiger partial charge in [0.15, 0.2) is 6.10 Å². The predicted octanol–water partition coefficient (Wildman–Crippen LogP) is 2.98. The maximum absolute atomic E-state index is 12.3. The van der Waals surface area contributed by atoms with Crippen LogP contribution in [-0.4, -0.2) is 33.3 Å². The van der Waals surface area contributed by atoms with Crippen molar-refractivity contribution in [2.75, 3.05) is 7.05 Å². The topological polar surface area (TPSA) is 89.5 Å². The Morgan fingerprint density at radius 2 is 1.65 bits per heavy atom. The molecule has 0 spiro atoms. The lowest BCUT2D eigenvalue weighted by Gasteiger charge is -2.13. The Morgan fingerprint density at radius 3 is 2.23 bits per heavy atom. The van der Waals surface area contributed by atoms with Crippen molar-refractivity contribution >= 4 is 33.4 Å². The van der Waals surface area contributed by atoms with E-state index in [9.17, 15) is 18.0 Å². The van der Waals surface area contributed by atoms with E-state index in [-0.39, 0.29) is 21.3 Å². The van der Waals surface area contributed by atoms with E-state index in [1.807, 2.05) is 6.92 Å². The standard InChI is InChI=1S/C18H18ClNO5S/c1-11-4-6-13(7-5-11)17(21)12(2)25-18(22)14-8-9-15(19)16(10-14)26(23,24)20-3/h4-10,12,20H,1-3H3/t12-/m0/s1. The maximum Gasteiger partial charge on any atom is 0.338 e. The molecule has 0 aliphatic rings. The van der Waals surface area contributed by atoms with E-state index in [1.165, 1.54) is 26.1 Å². The van der Waals surface area contributed by atoms with Crippen LogP contribution in [-0.2, 0) is 14.8 Å². The molecule has 0 fully saturated rings. The van der Waals surface area contributed by atoms with Crippen molar-refractivity contribution in [3.8, 4) is 0 Å². The summed E-state index contributed by atoms with van der Waals surface area (Å²) < 4.78 is 31.2. The fraction of sp³-hybridized carbons (Fsp3) is 0.222. The largest absolute Gasteiger partial charge is 0.451 e. The van der Waals surface area contributed by atoms with Gasteiger partial charge in [0.05, 0.1) is 10.6 Å². The normalized spacial score (nSPS) is 12.5. The number of sulfonamides is 1. The van der Waals surface area contributed by atoms with Gasteiger partial charge in [0, 0.05) is 5.56 Å². The number of ketones is 1. The van der Waals surface area contributed by atoms with Crippen LogP contribution in [0.2, 0.25) is 5.02 Å². The molecule has 0 saturated carbocycles. The first kappa shape index (κ1) is 20.1. The number of aryl methyl sites for hydroxylation is 1. The summed E-state index contributed by atoms with van der Waals surface area (Å²) in [6.07, 6.45) is -1.02. The molecule has 0 bridgehead atoms. The molecule has 0 aromatic heterocycles. The highest BCUT2D eigenvalue weighted by molar-refractivity contribution is 7.89. The summed E-state index contributed by atoms with van der Waals surface area (Å²) in [6.45, 7) is 3.36. The van der Waals surface area contributed by atoms with Gasteiger partial charge in [-0.05, 0) is 39.1 Å². The maximum atomic E-state index is 12.3. The van der Waals surface area contributed by atoms with Crippen molar-refractivity contribution in [1.82, 2.24) is 4.72 Å². The van der Waals surface area contributed by atoms with Gasteiger partial charge in [-0.1, -0.05) is 41.4 Å². The molecule has 2 rings (SSSR count). The summed E-state index contributed by atoms with van der Waals surface area (Å²) in [5.41, 5.74) is 1.41. The minimum atomic E-state index is -3.83. The van der Waals surface area contributed by atoms with Crippen LogP contribution in [0.15, 0.2) is 47.4 Å². The number of nitrogens with one attached hydrogen (secondary N) is 1. The molecule has 138 valence electrons. The average molecular weight is 396 g/mol. The van der Waals surface area contributed by atoms with Crippen LogP contribution >= 0.6 is 11.6 Å². The summed E-state index contributed by atoms with van der Waals surface area (Å²) in [5.74, 6) is -1.17. The molecule has 8 heteroatoms. The third-order valence-corrected chi connectivity index (χ3v) is 5.61. The number of rotatable bonds is 6. The SMILES string of the molecule is CNS(=O)(=O)c1cc(C(=O)O[C@@H](C)C(=O)c2ccc(C)cc2)ccc1Cl. The molecule has 0 amide bonds. The number of carbonyl (C=O) groups excluding carboxylic acids is 2. The molecular formula is C18H18ClNO5S. The number of benzene rings is 2.